The summed E-state index contributed by atoms with van der Waals surface area (Å²) in [5.74, 6) is -0.745. The Hall–Kier alpha value is -3.36. The van der Waals surface area contributed by atoms with Gasteiger partial charge in [0.2, 0.25) is 0 Å². The fraction of sp³-hybridized carbons (Fsp3) is 0.429. The van der Waals surface area contributed by atoms with Crippen LogP contribution in [0, 0.1) is 0 Å². The zero-order chi connectivity index (χ0) is 21.3. The average Bonchev–Trinajstić information content (AvgIpc) is 2.95. The minimum absolute atomic E-state index is 0.329. The first-order valence-corrected chi connectivity index (χ1v) is 10.1. The number of hydrazine groups is 1. The Balaban J connectivity index is 1.41. The fourth-order valence-electron chi connectivity index (χ4n) is 4.11. The molecule has 30 heavy (non-hydrogen) atoms. The van der Waals surface area contributed by atoms with Gasteiger partial charge in [0.05, 0.1) is 0 Å². The van der Waals surface area contributed by atoms with E-state index >= 15 is 0 Å². The van der Waals surface area contributed by atoms with E-state index < -0.39 is 35.6 Å². The standard InChI is InChI=1S/C21H23N3O6/c1-2-13-10-18(26)30-16-11-14(6-7-15(13)16)29-12-17(25)23-24-19(27)21(22-20(24)28)8-4-3-5-9-21/h6-7,10-11H,2-5,8-9,12H2,1H3,(H,22,28)(H,23,25). The van der Waals surface area contributed by atoms with Crippen molar-refractivity contribution in [2.24, 2.45) is 0 Å². The summed E-state index contributed by atoms with van der Waals surface area (Å²) in [5, 5.41) is 4.26. The maximum atomic E-state index is 12.7. The van der Waals surface area contributed by atoms with E-state index in [1.54, 1.807) is 12.1 Å². The molecule has 1 aromatic carbocycles. The molecular weight excluding hydrogens is 390 g/mol. The summed E-state index contributed by atoms with van der Waals surface area (Å²) in [4.78, 5) is 48.8. The van der Waals surface area contributed by atoms with E-state index in [0.29, 0.717) is 30.6 Å². The lowest BCUT2D eigenvalue weighted by molar-refractivity contribution is -0.140. The van der Waals surface area contributed by atoms with E-state index in [-0.39, 0.29) is 0 Å². The van der Waals surface area contributed by atoms with Gasteiger partial charge in [-0.05, 0) is 37.0 Å². The normalized spacial score (nSPS) is 18.0. The lowest BCUT2D eigenvalue weighted by Crippen LogP contribution is -2.51. The SMILES string of the molecule is CCc1cc(=O)oc2cc(OCC(=O)NN3C(=O)NC4(CCCCC4)C3=O)ccc12. The smallest absolute Gasteiger partial charge is 0.344 e. The molecular formula is C21H23N3O6. The molecule has 158 valence electrons. The number of fused-ring (bicyclic) bond motifs is 1. The minimum atomic E-state index is -0.906. The van der Waals surface area contributed by atoms with Crippen molar-refractivity contribution >= 4 is 28.8 Å². The zero-order valence-electron chi connectivity index (χ0n) is 16.7. The molecule has 2 heterocycles. The molecule has 1 spiro atoms. The molecule has 2 aromatic rings. The van der Waals surface area contributed by atoms with Gasteiger partial charge in [0, 0.05) is 17.5 Å². The maximum absolute atomic E-state index is 12.7. The summed E-state index contributed by atoms with van der Waals surface area (Å²) in [6.45, 7) is 1.53. The van der Waals surface area contributed by atoms with Gasteiger partial charge in [-0.1, -0.05) is 26.2 Å². The van der Waals surface area contributed by atoms with Gasteiger partial charge in [-0.3, -0.25) is 15.0 Å². The van der Waals surface area contributed by atoms with Crippen LogP contribution < -0.4 is 21.1 Å². The van der Waals surface area contributed by atoms with Gasteiger partial charge in [-0.25, -0.2) is 9.59 Å². The second-order valence-electron chi connectivity index (χ2n) is 7.64. The molecule has 9 nitrogen and oxygen atoms in total. The van der Waals surface area contributed by atoms with E-state index in [9.17, 15) is 19.2 Å². The number of carbonyl (C=O) groups excluding carboxylic acids is 3. The number of hydrogen-bond donors (Lipinski definition) is 2. The first kappa shape index (κ1) is 19.9. The third-order valence-electron chi connectivity index (χ3n) is 5.66. The largest absolute Gasteiger partial charge is 0.484 e. The highest BCUT2D eigenvalue weighted by Crippen LogP contribution is 2.33. The zero-order valence-corrected chi connectivity index (χ0v) is 16.7. The Morgan fingerprint density at radius 2 is 1.97 bits per heavy atom. The van der Waals surface area contributed by atoms with Crippen molar-refractivity contribution in [2.45, 2.75) is 51.0 Å². The highest BCUT2D eigenvalue weighted by Gasteiger charge is 2.52. The summed E-state index contributed by atoms with van der Waals surface area (Å²) in [5.41, 5.74) is 2.19. The van der Waals surface area contributed by atoms with Gasteiger partial charge >= 0.3 is 11.7 Å². The van der Waals surface area contributed by atoms with Crippen LogP contribution >= 0.6 is 0 Å². The molecule has 1 saturated carbocycles. The molecule has 4 rings (SSSR count). The van der Waals surface area contributed by atoms with E-state index in [0.717, 1.165) is 35.2 Å². The van der Waals surface area contributed by atoms with Crippen LogP contribution in [0.15, 0.2) is 33.5 Å². The van der Waals surface area contributed by atoms with Gasteiger partial charge in [0.25, 0.3) is 11.8 Å². The monoisotopic (exact) mass is 413 g/mol. The van der Waals surface area contributed by atoms with Crippen molar-refractivity contribution in [1.29, 1.82) is 0 Å². The first-order valence-electron chi connectivity index (χ1n) is 10.1. The van der Waals surface area contributed by atoms with Crippen LogP contribution in [-0.4, -0.2) is 35.0 Å². The molecule has 9 heteroatoms. The fourth-order valence-corrected chi connectivity index (χ4v) is 4.11. The van der Waals surface area contributed by atoms with Crippen LogP contribution in [0.1, 0.15) is 44.6 Å². The molecule has 1 aromatic heterocycles. The van der Waals surface area contributed by atoms with Gasteiger partial charge < -0.3 is 14.5 Å². The van der Waals surface area contributed by atoms with Crippen LogP contribution in [0.2, 0.25) is 0 Å². The summed E-state index contributed by atoms with van der Waals surface area (Å²) < 4.78 is 10.7. The van der Waals surface area contributed by atoms with E-state index in [1.165, 1.54) is 12.1 Å². The molecule has 1 saturated heterocycles. The number of carbonyl (C=O) groups is 3. The number of nitrogens with one attached hydrogen (secondary N) is 2. The second-order valence-corrected chi connectivity index (χ2v) is 7.64. The van der Waals surface area contributed by atoms with Crippen LogP contribution in [0.3, 0.4) is 0 Å². The molecule has 0 unspecified atom stereocenters. The molecule has 0 radical (unpaired) electrons. The highest BCUT2D eigenvalue weighted by atomic mass is 16.5. The Morgan fingerprint density at radius 1 is 1.20 bits per heavy atom. The number of imide groups is 1. The van der Waals surface area contributed by atoms with Crippen LogP contribution in [-0.2, 0) is 16.0 Å². The van der Waals surface area contributed by atoms with Gasteiger partial charge in [-0.15, -0.1) is 0 Å². The number of nitrogens with zero attached hydrogens (tertiary/aromatic N) is 1. The van der Waals surface area contributed by atoms with Crippen LogP contribution in [0.5, 0.6) is 5.75 Å². The molecule has 1 aliphatic heterocycles. The number of benzene rings is 1. The third-order valence-corrected chi connectivity index (χ3v) is 5.66. The van der Waals surface area contributed by atoms with E-state index in [4.69, 9.17) is 9.15 Å². The van der Waals surface area contributed by atoms with Crippen molar-refractivity contribution in [3.63, 3.8) is 0 Å². The topological polar surface area (TPSA) is 118 Å². The number of amides is 4. The van der Waals surface area contributed by atoms with E-state index in [1.807, 2.05) is 6.92 Å². The summed E-state index contributed by atoms with van der Waals surface area (Å²) in [6, 6.07) is 5.78. The number of urea groups is 1. The molecule has 0 atom stereocenters. The summed E-state index contributed by atoms with van der Waals surface area (Å²) in [6.07, 6.45) is 4.56. The second kappa shape index (κ2) is 7.81. The van der Waals surface area contributed by atoms with Gasteiger partial charge in [0.1, 0.15) is 16.9 Å². The van der Waals surface area contributed by atoms with Gasteiger partial charge in [0.15, 0.2) is 6.61 Å². The van der Waals surface area contributed by atoms with Crippen molar-refractivity contribution in [2.75, 3.05) is 6.61 Å². The lowest BCUT2D eigenvalue weighted by atomic mass is 9.82. The molecule has 2 fully saturated rings. The third kappa shape index (κ3) is 3.62. The van der Waals surface area contributed by atoms with Crippen molar-refractivity contribution < 1.29 is 23.5 Å². The molecule has 2 aliphatic rings. The summed E-state index contributed by atoms with van der Waals surface area (Å²) in [7, 11) is 0. The predicted octanol–water partition coefficient (Wildman–Crippen LogP) is 2.02. The Bertz CT molecular complexity index is 1070. The first-order chi connectivity index (χ1) is 14.4. The van der Waals surface area contributed by atoms with Crippen molar-refractivity contribution in [1.82, 2.24) is 15.8 Å². The van der Waals surface area contributed by atoms with Crippen molar-refractivity contribution in [3.05, 3.63) is 40.2 Å². The van der Waals surface area contributed by atoms with Crippen LogP contribution in [0.25, 0.3) is 11.0 Å². The average molecular weight is 413 g/mol. The highest BCUT2D eigenvalue weighted by molar-refractivity contribution is 6.08. The van der Waals surface area contributed by atoms with Crippen molar-refractivity contribution in [3.8, 4) is 5.75 Å². The number of ether oxygens (including phenoxy) is 1. The number of hydrogen-bond acceptors (Lipinski definition) is 6. The molecule has 2 N–H and O–H groups in total. The molecule has 1 aliphatic carbocycles. The minimum Gasteiger partial charge on any atom is -0.484 e. The predicted molar refractivity (Wildman–Crippen MR) is 107 cm³/mol. The Morgan fingerprint density at radius 3 is 2.70 bits per heavy atom. The molecule has 4 amide bonds. The number of rotatable bonds is 5. The molecule has 0 bridgehead atoms. The van der Waals surface area contributed by atoms with Crippen LogP contribution in [0.4, 0.5) is 4.79 Å². The van der Waals surface area contributed by atoms with E-state index in [2.05, 4.69) is 10.7 Å². The summed E-state index contributed by atoms with van der Waals surface area (Å²) >= 11 is 0. The lowest BCUT2D eigenvalue weighted by Gasteiger charge is -2.30. The Labute approximate surface area is 172 Å². The number of aryl methyl sites for hydroxylation is 1. The maximum Gasteiger partial charge on any atom is 0.344 e. The van der Waals surface area contributed by atoms with Gasteiger partial charge in [-0.2, -0.15) is 5.01 Å². The quantitative estimate of drug-likeness (QED) is 0.572. The Kier molecular flexibility index (Phi) is 5.19.